The minimum absolute atomic E-state index is 0.123. The number of nitrogens with one attached hydrogen (secondary N) is 1. The number of carboxylic acids is 1. The maximum Gasteiger partial charge on any atom is 0.325 e. The second-order valence-corrected chi connectivity index (χ2v) is 7.24. The van der Waals surface area contributed by atoms with E-state index in [1.165, 1.54) is 13.0 Å². The summed E-state index contributed by atoms with van der Waals surface area (Å²) < 4.78 is 6.04. The minimum Gasteiger partial charge on any atom is -0.497 e. The number of methoxy groups -OCH3 is 1. The van der Waals surface area contributed by atoms with Gasteiger partial charge in [0.1, 0.15) is 11.8 Å². The average molecular weight is 439 g/mol. The number of benzene rings is 1. The van der Waals surface area contributed by atoms with Crippen LogP contribution in [0.4, 0.5) is 0 Å². The number of piperidine rings is 1. The van der Waals surface area contributed by atoms with Crippen LogP contribution in [0.15, 0.2) is 28.7 Å². The molecule has 7 nitrogen and oxygen atoms in total. The van der Waals surface area contributed by atoms with E-state index in [0.717, 1.165) is 10.0 Å². The molecule has 0 bridgehead atoms. The lowest BCUT2D eigenvalue weighted by molar-refractivity contribution is -0.142. The van der Waals surface area contributed by atoms with Gasteiger partial charge in [0.15, 0.2) is 0 Å². The van der Waals surface area contributed by atoms with Gasteiger partial charge >= 0.3 is 5.97 Å². The van der Waals surface area contributed by atoms with Gasteiger partial charge in [-0.05, 0) is 49.6 Å². The number of likely N-dealkylation sites (tertiary alicyclic amines) is 1. The number of amides is 2. The molecule has 1 unspecified atom stereocenters. The van der Waals surface area contributed by atoms with E-state index >= 15 is 0 Å². The lowest BCUT2D eigenvalue weighted by Gasteiger charge is -2.31. The Bertz CT molecular complexity index is 742. The van der Waals surface area contributed by atoms with Gasteiger partial charge in [-0.15, -0.1) is 0 Å². The Hall–Kier alpha value is -2.35. The zero-order valence-electron chi connectivity index (χ0n) is 15.3. The van der Waals surface area contributed by atoms with Crippen molar-refractivity contribution in [3.8, 4) is 5.75 Å². The van der Waals surface area contributed by atoms with Crippen molar-refractivity contribution < 1.29 is 24.2 Å². The molecule has 2 amide bonds. The Morgan fingerprint density at radius 2 is 2.00 bits per heavy atom. The summed E-state index contributed by atoms with van der Waals surface area (Å²) in [5.74, 6) is -1.03. The van der Waals surface area contributed by atoms with Crippen LogP contribution >= 0.6 is 15.9 Å². The van der Waals surface area contributed by atoms with Crippen LogP contribution in [0.3, 0.4) is 0 Å². The normalized spacial score (nSPS) is 16.2. The summed E-state index contributed by atoms with van der Waals surface area (Å²) in [6.45, 7) is 2.35. The highest BCUT2D eigenvalue weighted by atomic mass is 79.9. The second-order valence-electron chi connectivity index (χ2n) is 6.39. The number of nitrogens with zero attached hydrogens (tertiary/aromatic N) is 1. The van der Waals surface area contributed by atoms with E-state index in [1.807, 2.05) is 18.2 Å². The summed E-state index contributed by atoms with van der Waals surface area (Å²) in [6.07, 6.45) is 4.26. The second kappa shape index (κ2) is 9.55. The Morgan fingerprint density at radius 3 is 2.59 bits per heavy atom. The third-order valence-corrected chi connectivity index (χ3v) is 5.24. The van der Waals surface area contributed by atoms with Crippen LogP contribution < -0.4 is 10.1 Å². The molecule has 0 saturated carbocycles. The predicted octanol–water partition coefficient (Wildman–Crippen LogP) is 2.30. The lowest BCUT2D eigenvalue weighted by atomic mass is 9.95. The quantitative estimate of drug-likeness (QED) is 0.664. The third-order valence-electron chi connectivity index (χ3n) is 4.52. The van der Waals surface area contributed by atoms with Crippen molar-refractivity contribution in [2.24, 2.45) is 5.92 Å². The fraction of sp³-hybridized carbons (Fsp3) is 0.421. The Balaban J connectivity index is 1.89. The lowest BCUT2D eigenvalue weighted by Crippen LogP contribution is -2.46. The van der Waals surface area contributed by atoms with Gasteiger partial charge in [-0.25, -0.2) is 0 Å². The van der Waals surface area contributed by atoms with Gasteiger partial charge < -0.3 is 20.1 Å². The van der Waals surface area contributed by atoms with Gasteiger partial charge in [-0.2, -0.15) is 0 Å². The number of aliphatic carboxylic acids is 1. The Morgan fingerprint density at radius 1 is 1.33 bits per heavy atom. The van der Waals surface area contributed by atoms with E-state index in [1.54, 1.807) is 18.1 Å². The molecule has 1 heterocycles. The van der Waals surface area contributed by atoms with E-state index in [9.17, 15) is 14.4 Å². The molecule has 1 aromatic rings. The molecule has 2 rings (SSSR count). The standard InChI is InChI=1S/C19H23BrN2O5/c1-12(19(25)26)21-18(24)13-7-9-22(10-8-13)17(23)6-3-14-11-15(27-2)4-5-16(14)20/h3-6,11-13H,7-10H2,1-2H3,(H,21,24)(H,25,26)/b6-3+. The topological polar surface area (TPSA) is 95.9 Å². The highest BCUT2D eigenvalue weighted by Crippen LogP contribution is 2.24. The SMILES string of the molecule is COc1ccc(Br)c(/C=C/C(=O)N2CCC(C(=O)NC(C)C(=O)O)CC2)c1. The molecule has 1 fully saturated rings. The summed E-state index contributed by atoms with van der Waals surface area (Å²) in [7, 11) is 1.58. The van der Waals surface area contributed by atoms with Crippen LogP contribution in [-0.2, 0) is 14.4 Å². The minimum atomic E-state index is -1.06. The fourth-order valence-corrected chi connectivity index (χ4v) is 3.18. The zero-order chi connectivity index (χ0) is 20.0. The van der Waals surface area contributed by atoms with E-state index < -0.39 is 12.0 Å². The van der Waals surface area contributed by atoms with Crippen LogP contribution in [0.5, 0.6) is 5.75 Å². The summed E-state index contributed by atoms with van der Waals surface area (Å²) in [4.78, 5) is 37.0. The third kappa shape index (κ3) is 5.82. The first kappa shape index (κ1) is 21.0. The molecule has 0 radical (unpaired) electrons. The summed E-state index contributed by atoms with van der Waals surface area (Å²) in [5, 5.41) is 11.3. The number of rotatable bonds is 6. The number of carbonyl (C=O) groups excluding carboxylic acids is 2. The Labute approximate surface area is 166 Å². The van der Waals surface area contributed by atoms with Gasteiger partial charge in [0, 0.05) is 29.6 Å². The van der Waals surface area contributed by atoms with Gasteiger partial charge in [0.2, 0.25) is 11.8 Å². The largest absolute Gasteiger partial charge is 0.497 e. The predicted molar refractivity (Wildman–Crippen MR) is 104 cm³/mol. The smallest absolute Gasteiger partial charge is 0.325 e. The maximum atomic E-state index is 12.4. The first-order chi connectivity index (χ1) is 12.8. The van der Waals surface area contributed by atoms with Crippen molar-refractivity contribution in [2.45, 2.75) is 25.8 Å². The van der Waals surface area contributed by atoms with Crippen LogP contribution in [0.1, 0.15) is 25.3 Å². The van der Waals surface area contributed by atoms with Gasteiger partial charge in [-0.1, -0.05) is 15.9 Å². The molecule has 0 aromatic heterocycles. The number of hydrogen-bond donors (Lipinski definition) is 2. The van der Waals surface area contributed by atoms with Crippen LogP contribution in [0.25, 0.3) is 6.08 Å². The van der Waals surface area contributed by atoms with Gasteiger partial charge in [-0.3, -0.25) is 14.4 Å². The Kier molecular flexibility index (Phi) is 7.41. The molecule has 8 heteroatoms. The van der Waals surface area contributed by atoms with Crippen molar-refractivity contribution in [1.82, 2.24) is 10.2 Å². The van der Waals surface area contributed by atoms with Crippen LogP contribution in [-0.4, -0.2) is 54.0 Å². The van der Waals surface area contributed by atoms with Gasteiger partial charge in [0.25, 0.3) is 0 Å². The van der Waals surface area contributed by atoms with E-state index in [4.69, 9.17) is 9.84 Å². The van der Waals surface area contributed by atoms with Crippen molar-refractivity contribution in [1.29, 1.82) is 0 Å². The van der Waals surface area contributed by atoms with Crippen molar-refractivity contribution in [3.05, 3.63) is 34.3 Å². The molecular weight excluding hydrogens is 416 g/mol. The molecule has 1 atom stereocenters. The van der Waals surface area contributed by atoms with E-state index in [2.05, 4.69) is 21.2 Å². The highest BCUT2D eigenvalue weighted by molar-refractivity contribution is 9.10. The molecule has 1 saturated heterocycles. The van der Waals surface area contributed by atoms with Crippen molar-refractivity contribution in [2.75, 3.05) is 20.2 Å². The first-order valence-corrected chi connectivity index (χ1v) is 9.44. The molecular formula is C19H23BrN2O5. The van der Waals surface area contributed by atoms with Crippen LogP contribution in [0.2, 0.25) is 0 Å². The summed E-state index contributed by atoms with van der Waals surface area (Å²) in [5.41, 5.74) is 0.833. The van der Waals surface area contributed by atoms with Crippen molar-refractivity contribution in [3.63, 3.8) is 0 Å². The van der Waals surface area contributed by atoms with Crippen LogP contribution in [0, 0.1) is 5.92 Å². The first-order valence-electron chi connectivity index (χ1n) is 8.65. The molecule has 0 aliphatic carbocycles. The summed E-state index contributed by atoms with van der Waals surface area (Å²) >= 11 is 3.44. The number of carboxylic acid groups (broad SMARTS) is 1. The number of hydrogen-bond acceptors (Lipinski definition) is 4. The molecule has 146 valence electrons. The van der Waals surface area contributed by atoms with Crippen molar-refractivity contribution >= 4 is 39.8 Å². The number of halogens is 1. The highest BCUT2D eigenvalue weighted by Gasteiger charge is 2.28. The van der Waals surface area contributed by atoms with Gasteiger partial charge in [0.05, 0.1) is 7.11 Å². The monoisotopic (exact) mass is 438 g/mol. The molecule has 2 N–H and O–H groups in total. The zero-order valence-corrected chi connectivity index (χ0v) is 16.9. The molecule has 1 aliphatic heterocycles. The molecule has 27 heavy (non-hydrogen) atoms. The van der Waals surface area contributed by atoms with E-state index in [-0.39, 0.29) is 17.7 Å². The maximum absolute atomic E-state index is 12.4. The average Bonchev–Trinajstić information content (AvgIpc) is 2.67. The molecule has 1 aromatic carbocycles. The molecule has 1 aliphatic rings. The number of carbonyl (C=O) groups is 3. The molecule has 0 spiro atoms. The summed E-state index contributed by atoms with van der Waals surface area (Å²) in [6, 6.07) is 4.59. The van der Waals surface area contributed by atoms with E-state index in [0.29, 0.717) is 31.7 Å². The number of ether oxygens (including phenoxy) is 1. The fourth-order valence-electron chi connectivity index (χ4n) is 2.80.